The van der Waals surface area contributed by atoms with Crippen molar-refractivity contribution in [2.75, 3.05) is 19.6 Å². The Kier molecular flexibility index (Phi) is 4.61. The maximum absolute atomic E-state index is 12.0. The molecule has 0 bridgehead atoms. The third kappa shape index (κ3) is 4.14. The molecule has 0 unspecified atom stereocenters. The van der Waals surface area contributed by atoms with E-state index < -0.39 is 11.2 Å². The largest absolute Gasteiger partial charge is 0.444 e. The highest BCUT2D eigenvalue weighted by molar-refractivity contribution is 5.68. The van der Waals surface area contributed by atoms with Gasteiger partial charge in [0.2, 0.25) is 0 Å². The van der Waals surface area contributed by atoms with Crippen LogP contribution in [0.3, 0.4) is 0 Å². The van der Waals surface area contributed by atoms with Gasteiger partial charge >= 0.3 is 6.09 Å². The predicted octanol–water partition coefficient (Wildman–Crippen LogP) is 1.34. The fourth-order valence-electron chi connectivity index (χ4n) is 2.14. The molecule has 106 valence electrons. The number of hydrogen-bond acceptors (Lipinski definition) is 4. The van der Waals surface area contributed by atoms with Crippen molar-refractivity contribution in [3.8, 4) is 0 Å². The van der Waals surface area contributed by atoms with Crippen LogP contribution in [0.4, 0.5) is 4.79 Å². The van der Waals surface area contributed by atoms with Gasteiger partial charge in [0.15, 0.2) is 0 Å². The fraction of sp³-hybridized carbons (Fsp3) is 0.923. The van der Waals surface area contributed by atoms with E-state index in [9.17, 15) is 9.90 Å². The standard InChI is InChI=1S/C13H26N2O3/c1-12(2,3)18-11(16)15-7-5-6-10(8-15)13(4,17)9-14/h10,17H,5-9,14H2,1-4H3/t10-,13+/m1/s1. The number of rotatable bonds is 2. The first-order chi connectivity index (χ1) is 8.15. The van der Waals surface area contributed by atoms with Crippen LogP contribution in [0.1, 0.15) is 40.5 Å². The SMILES string of the molecule is CC(C)(C)OC(=O)N1CCC[C@@H]([C@@](C)(O)CN)C1. The van der Waals surface area contributed by atoms with E-state index in [2.05, 4.69) is 0 Å². The predicted molar refractivity (Wildman–Crippen MR) is 70.2 cm³/mol. The Morgan fingerprint density at radius 3 is 2.56 bits per heavy atom. The molecule has 18 heavy (non-hydrogen) atoms. The quantitative estimate of drug-likeness (QED) is 0.784. The van der Waals surface area contributed by atoms with Crippen LogP contribution in [0, 0.1) is 5.92 Å². The molecule has 3 N–H and O–H groups in total. The highest BCUT2D eigenvalue weighted by Gasteiger charge is 2.36. The van der Waals surface area contributed by atoms with Crippen molar-refractivity contribution in [2.45, 2.75) is 51.7 Å². The lowest BCUT2D eigenvalue weighted by Crippen LogP contribution is -2.52. The molecule has 0 saturated carbocycles. The average Bonchev–Trinajstić information content (AvgIpc) is 2.27. The summed E-state index contributed by atoms with van der Waals surface area (Å²) in [7, 11) is 0. The normalized spacial score (nSPS) is 24.6. The van der Waals surface area contributed by atoms with Gasteiger partial charge in [0.1, 0.15) is 5.60 Å². The Morgan fingerprint density at radius 2 is 2.06 bits per heavy atom. The minimum atomic E-state index is -0.916. The van der Waals surface area contributed by atoms with Crippen molar-refractivity contribution in [1.29, 1.82) is 0 Å². The van der Waals surface area contributed by atoms with Crippen LogP contribution >= 0.6 is 0 Å². The summed E-state index contributed by atoms with van der Waals surface area (Å²) in [4.78, 5) is 13.6. The Balaban J connectivity index is 2.61. The number of hydrogen-bond donors (Lipinski definition) is 2. The van der Waals surface area contributed by atoms with Crippen LogP contribution in [0.25, 0.3) is 0 Å². The Labute approximate surface area is 109 Å². The van der Waals surface area contributed by atoms with Gasteiger partial charge in [-0.15, -0.1) is 0 Å². The van der Waals surface area contributed by atoms with Crippen molar-refractivity contribution in [2.24, 2.45) is 11.7 Å². The van der Waals surface area contributed by atoms with E-state index >= 15 is 0 Å². The molecule has 5 nitrogen and oxygen atoms in total. The molecular formula is C13H26N2O3. The summed E-state index contributed by atoms with van der Waals surface area (Å²) in [6.07, 6.45) is 1.46. The molecule has 1 fully saturated rings. The maximum atomic E-state index is 12.0. The van der Waals surface area contributed by atoms with Crippen molar-refractivity contribution in [1.82, 2.24) is 4.90 Å². The average molecular weight is 258 g/mol. The van der Waals surface area contributed by atoms with Crippen LogP contribution < -0.4 is 5.73 Å². The van der Waals surface area contributed by atoms with E-state index in [1.165, 1.54) is 0 Å². The molecule has 0 aliphatic carbocycles. The minimum absolute atomic E-state index is 0.0174. The molecule has 1 saturated heterocycles. The first-order valence-electron chi connectivity index (χ1n) is 6.56. The molecular weight excluding hydrogens is 232 g/mol. The Bertz CT molecular complexity index is 297. The fourth-order valence-corrected chi connectivity index (χ4v) is 2.14. The van der Waals surface area contributed by atoms with Crippen molar-refractivity contribution < 1.29 is 14.6 Å². The second-order valence-corrected chi connectivity index (χ2v) is 6.33. The summed E-state index contributed by atoms with van der Waals surface area (Å²) < 4.78 is 5.35. The van der Waals surface area contributed by atoms with E-state index in [0.29, 0.717) is 13.1 Å². The lowest BCUT2D eigenvalue weighted by molar-refractivity contribution is -0.0340. The lowest BCUT2D eigenvalue weighted by atomic mass is 9.83. The van der Waals surface area contributed by atoms with E-state index in [-0.39, 0.29) is 18.6 Å². The number of ether oxygens (including phenoxy) is 1. The van der Waals surface area contributed by atoms with Gasteiger partial charge in [0, 0.05) is 25.6 Å². The molecule has 0 aromatic carbocycles. The lowest BCUT2D eigenvalue weighted by Gasteiger charge is -2.40. The Morgan fingerprint density at radius 1 is 1.44 bits per heavy atom. The summed E-state index contributed by atoms with van der Waals surface area (Å²) >= 11 is 0. The molecule has 1 heterocycles. The van der Waals surface area contributed by atoms with Gasteiger partial charge in [-0.25, -0.2) is 4.79 Å². The number of carbonyl (C=O) groups is 1. The van der Waals surface area contributed by atoms with Crippen LogP contribution in [0.2, 0.25) is 0 Å². The minimum Gasteiger partial charge on any atom is -0.444 e. The summed E-state index contributed by atoms with van der Waals surface area (Å²) in [5.74, 6) is 0.0174. The summed E-state index contributed by atoms with van der Waals surface area (Å²) in [5.41, 5.74) is 4.17. The molecule has 1 rings (SSSR count). The van der Waals surface area contributed by atoms with E-state index in [1.54, 1.807) is 11.8 Å². The van der Waals surface area contributed by atoms with Gasteiger partial charge in [0.25, 0.3) is 0 Å². The number of amides is 1. The maximum Gasteiger partial charge on any atom is 0.410 e. The van der Waals surface area contributed by atoms with Crippen LogP contribution in [0.5, 0.6) is 0 Å². The first-order valence-corrected chi connectivity index (χ1v) is 6.56. The summed E-state index contributed by atoms with van der Waals surface area (Å²) in [6.45, 7) is 8.69. The van der Waals surface area contributed by atoms with Crippen molar-refractivity contribution in [3.63, 3.8) is 0 Å². The van der Waals surface area contributed by atoms with E-state index in [0.717, 1.165) is 12.8 Å². The topological polar surface area (TPSA) is 75.8 Å². The summed E-state index contributed by atoms with van der Waals surface area (Å²) in [5, 5.41) is 10.2. The second-order valence-electron chi connectivity index (χ2n) is 6.33. The number of carbonyl (C=O) groups excluding carboxylic acids is 1. The zero-order valence-corrected chi connectivity index (χ0v) is 11.9. The van der Waals surface area contributed by atoms with Gasteiger partial charge in [0.05, 0.1) is 5.60 Å². The number of piperidine rings is 1. The first kappa shape index (κ1) is 15.2. The number of nitrogens with zero attached hydrogens (tertiary/aromatic N) is 1. The highest BCUT2D eigenvalue weighted by atomic mass is 16.6. The number of nitrogens with two attached hydrogens (primary N) is 1. The summed E-state index contributed by atoms with van der Waals surface area (Å²) in [6, 6.07) is 0. The zero-order chi connectivity index (χ0) is 14.0. The third-order valence-electron chi connectivity index (χ3n) is 3.37. The molecule has 1 aliphatic heterocycles. The van der Waals surface area contributed by atoms with Crippen LogP contribution in [-0.4, -0.2) is 46.9 Å². The molecule has 1 aliphatic rings. The van der Waals surface area contributed by atoms with Crippen LogP contribution in [0.15, 0.2) is 0 Å². The molecule has 0 aromatic rings. The van der Waals surface area contributed by atoms with Crippen molar-refractivity contribution in [3.05, 3.63) is 0 Å². The molecule has 0 aromatic heterocycles. The number of aliphatic hydroxyl groups is 1. The van der Waals surface area contributed by atoms with Gasteiger partial charge in [-0.1, -0.05) is 0 Å². The molecule has 0 radical (unpaired) electrons. The highest BCUT2D eigenvalue weighted by Crippen LogP contribution is 2.27. The molecule has 1 amide bonds. The Hall–Kier alpha value is -0.810. The van der Waals surface area contributed by atoms with Gasteiger partial charge in [-0.3, -0.25) is 0 Å². The number of likely N-dealkylation sites (tertiary alicyclic amines) is 1. The van der Waals surface area contributed by atoms with Crippen LogP contribution in [-0.2, 0) is 4.74 Å². The second kappa shape index (κ2) is 5.45. The van der Waals surface area contributed by atoms with Gasteiger partial charge in [-0.2, -0.15) is 0 Å². The molecule has 2 atom stereocenters. The van der Waals surface area contributed by atoms with Gasteiger partial charge < -0.3 is 20.5 Å². The monoisotopic (exact) mass is 258 g/mol. The molecule has 0 spiro atoms. The zero-order valence-electron chi connectivity index (χ0n) is 11.9. The van der Waals surface area contributed by atoms with E-state index in [1.807, 2.05) is 20.8 Å². The molecule has 5 heteroatoms. The van der Waals surface area contributed by atoms with Gasteiger partial charge in [-0.05, 0) is 40.5 Å². The smallest absolute Gasteiger partial charge is 0.410 e. The van der Waals surface area contributed by atoms with E-state index in [4.69, 9.17) is 10.5 Å². The van der Waals surface area contributed by atoms with Crippen molar-refractivity contribution >= 4 is 6.09 Å². The third-order valence-corrected chi connectivity index (χ3v) is 3.37.